The molecule has 2 aliphatic carbocycles. The Kier molecular flexibility index (Phi) is 3.01. The summed E-state index contributed by atoms with van der Waals surface area (Å²) in [5.74, 6) is -0.223. The van der Waals surface area contributed by atoms with Gasteiger partial charge in [-0.15, -0.1) is 0 Å². The average Bonchev–Trinajstić information content (AvgIpc) is 3.22. The van der Waals surface area contributed by atoms with Crippen LogP contribution in [-0.4, -0.2) is 35.3 Å². The second-order valence-corrected chi connectivity index (χ2v) is 6.16. The van der Waals surface area contributed by atoms with Crippen molar-refractivity contribution < 1.29 is 19.4 Å². The van der Waals surface area contributed by atoms with Crippen LogP contribution < -0.4 is 4.74 Å². The molecule has 118 valence electrons. The quantitative estimate of drug-likeness (QED) is 0.522. The van der Waals surface area contributed by atoms with Gasteiger partial charge in [0.1, 0.15) is 0 Å². The Labute approximate surface area is 133 Å². The van der Waals surface area contributed by atoms with Crippen LogP contribution in [0.5, 0.6) is 11.5 Å². The maximum Gasteiger partial charge on any atom is 0.254 e. The number of hydrogen-bond donors (Lipinski definition) is 1. The lowest BCUT2D eigenvalue weighted by atomic mass is 9.85. The minimum atomic E-state index is -0.246. The highest BCUT2D eigenvalue weighted by Gasteiger charge is 2.59. The number of carbonyl (C=O) groups excluding carboxylic acids is 2. The van der Waals surface area contributed by atoms with Gasteiger partial charge in [0.05, 0.1) is 25.2 Å². The summed E-state index contributed by atoms with van der Waals surface area (Å²) < 4.78 is 5.03. The zero-order valence-electron chi connectivity index (χ0n) is 12.5. The van der Waals surface area contributed by atoms with Crippen LogP contribution in [0.2, 0.25) is 0 Å². The average molecular weight is 312 g/mol. The van der Waals surface area contributed by atoms with Crippen LogP contribution in [0, 0.1) is 23.7 Å². The van der Waals surface area contributed by atoms with Gasteiger partial charge in [0.2, 0.25) is 0 Å². The lowest BCUT2D eigenvalue weighted by Crippen LogP contribution is -2.28. The topological polar surface area (TPSA) is 79.2 Å². The van der Waals surface area contributed by atoms with E-state index >= 15 is 0 Å². The lowest BCUT2D eigenvalue weighted by Gasteiger charge is -2.13. The summed E-state index contributed by atoms with van der Waals surface area (Å²) in [6, 6.07) is 4.71. The molecule has 0 spiro atoms. The van der Waals surface area contributed by atoms with E-state index in [1.807, 2.05) is 0 Å². The van der Waals surface area contributed by atoms with Gasteiger partial charge in [-0.2, -0.15) is 10.1 Å². The standard InChI is InChI=1S/C17H16N2O4/c1-23-13-6-9(2-5-12(13)20)8-18-19-16(21)14-10-3-4-11(7-10)15(14)17(19)22/h2-6,8,10-11,14-15,20H,7H2,1H3/b18-8-/t10-,11+,14-,15-/m0/s1. The molecule has 3 aliphatic rings. The molecule has 1 aliphatic heterocycles. The fraction of sp³-hybridized carbons (Fsp3) is 0.353. The van der Waals surface area contributed by atoms with Crippen LogP contribution >= 0.6 is 0 Å². The van der Waals surface area contributed by atoms with Crippen LogP contribution in [0.15, 0.2) is 35.5 Å². The van der Waals surface area contributed by atoms with Crippen molar-refractivity contribution in [3.05, 3.63) is 35.9 Å². The molecule has 0 unspecified atom stereocenters. The number of hydrogen-bond acceptors (Lipinski definition) is 5. The Morgan fingerprint density at radius 1 is 1.22 bits per heavy atom. The van der Waals surface area contributed by atoms with E-state index < -0.39 is 0 Å². The SMILES string of the molecule is COc1cc(/C=N\N2C(=O)[C@@H]3[C@@H](C2=O)[C@H]2C=C[C@@H]3C2)ccc1O. The Balaban J connectivity index is 1.58. The smallest absolute Gasteiger partial charge is 0.254 e. The highest BCUT2D eigenvalue weighted by Crippen LogP contribution is 2.52. The molecule has 4 rings (SSSR count). The zero-order valence-corrected chi connectivity index (χ0v) is 12.5. The summed E-state index contributed by atoms with van der Waals surface area (Å²) >= 11 is 0. The third-order valence-electron chi connectivity index (χ3n) is 4.97. The van der Waals surface area contributed by atoms with Crippen LogP contribution in [0.1, 0.15) is 12.0 Å². The first-order valence-electron chi connectivity index (χ1n) is 7.57. The van der Waals surface area contributed by atoms with Gasteiger partial charge in [0.15, 0.2) is 11.5 Å². The molecule has 1 aromatic rings. The predicted octanol–water partition coefficient (Wildman–Crippen LogP) is 1.54. The van der Waals surface area contributed by atoms with E-state index in [-0.39, 0.29) is 41.2 Å². The number of aromatic hydroxyl groups is 1. The van der Waals surface area contributed by atoms with Gasteiger partial charge >= 0.3 is 0 Å². The molecule has 0 radical (unpaired) electrons. The molecule has 6 heteroatoms. The van der Waals surface area contributed by atoms with Gasteiger partial charge in [-0.05, 0) is 42.0 Å². The molecule has 1 N–H and O–H groups in total. The number of benzene rings is 1. The van der Waals surface area contributed by atoms with Gasteiger partial charge in [-0.25, -0.2) is 0 Å². The van der Waals surface area contributed by atoms with E-state index in [1.54, 1.807) is 12.1 Å². The number of ether oxygens (including phenoxy) is 1. The van der Waals surface area contributed by atoms with Crippen molar-refractivity contribution in [2.45, 2.75) is 6.42 Å². The van der Waals surface area contributed by atoms with Crippen LogP contribution in [-0.2, 0) is 9.59 Å². The largest absolute Gasteiger partial charge is 0.504 e. The second-order valence-electron chi connectivity index (χ2n) is 6.16. The van der Waals surface area contributed by atoms with Gasteiger partial charge in [-0.1, -0.05) is 12.2 Å². The number of imide groups is 1. The molecule has 1 aromatic carbocycles. The molecular weight excluding hydrogens is 296 g/mol. The van der Waals surface area contributed by atoms with E-state index in [0.29, 0.717) is 11.3 Å². The van der Waals surface area contributed by atoms with Crippen molar-refractivity contribution in [1.82, 2.24) is 5.01 Å². The molecule has 1 heterocycles. The Bertz CT molecular complexity index is 725. The van der Waals surface area contributed by atoms with Crippen molar-refractivity contribution in [2.75, 3.05) is 7.11 Å². The number of carbonyl (C=O) groups is 2. The fourth-order valence-corrected chi connectivity index (χ4v) is 3.90. The maximum atomic E-state index is 12.5. The van der Waals surface area contributed by atoms with Gasteiger partial charge < -0.3 is 9.84 Å². The third-order valence-corrected chi connectivity index (χ3v) is 4.97. The monoisotopic (exact) mass is 312 g/mol. The number of amides is 2. The second kappa shape index (κ2) is 4.94. The minimum absolute atomic E-state index is 0.0233. The van der Waals surface area contributed by atoms with Crippen LogP contribution in [0.4, 0.5) is 0 Å². The van der Waals surface area contributed by atoms with E-state index in [4.69, 9.17) is 4.74 Å². The number of allylic oxidation sites excluding steroid dienone is 2. The van der Waals surface area contributed by atoms with Crippen molar-refractivity contribution in [3.63, 3.8) is 0 Å². The molecule has 2 bridgehead atoms. The van der Waals surface area contributed by atoms with E-state index in [2.05, 4.69) is 17.3 Å². The molecule has 6 nitrogen and oxygen atoms in total. The van der Waals surface area contributed by atoms with Crippen molar-refractivity contribution >= 4 is 18.0 Å². The number of rotatable bonds is 3. The summed E-state index contributed by atoms with van der Waals surface area (Å²) in [5, 5.41) is 14.7. The predicted molar refractivity (Wildman–Crippen MR) is 81.8 cm³/mol. The maximum absolute atomic E-state index is 12.5. The lowest BCUT2D eigenvalue weighted by molar-refractivity contribution is -0.140. The minimum Gasteiger partial charge on any atom is -0.504 e. The Morgan fingerprint density at radius 3 is 2.48 bits per heavy atom. The first kappa shape index (κ1) is 14.0. The summed E-state index contributed by atoms with van der Waals surface area (Å²) in [5.41, 5.74) is 0.637. The van der Waals surface area contributed by atoms with Crippen molar-refractivity contribution in [3.8, 4) is 11.5 Å². The van der Waals surface area contributed by atoms with Crippen molar-refractivity contribution in [1.29, 1.82) is 0 Å². The summed E-state index contributed by atoms with van der Waals surface area (Å²) in [4.78, 5) is 25.0. The highest BCUT2D eigenvalue weighted by atomic mass is 16.5. The highest BCUT2D eigenvalue weighted by molar-refractivity contribution is 6.06. The molecule has 1 saturated carbocycles. The number of methoxy groups -OCH3 is 1. The van der Waals surface area contributed by atoms with Crippen LogP contribution in [0.25, 0.3) is 0 Å². The van der Waals surface area contributed by atoms with Gasteiger partial charge in [0.25, 0.3) is 11.8 Å². The van der Waals surface area contributed by atoms with Crippen molar-refractivity contribution in [2.24, 2.45) is 28.8 Å². The number of hydrazone groups is 1. The molecule has 2 fully saturated rings. The first-order chi connectivity index (χ1) is 11.1. The van der Waals surface area contributed by atoms with Gasteiger partial charge in [0, 0.05) is 0 Å². The number of fused-ring (bicyclic) bond motifs is 5. The fourth-order valence-electron chi connectivity index (χ4n) is 3.90. The summed E-state index contributed by atoms with van der Waals surface area (Å²) in [6.45, 7) is 0. The normalized spacial score (nSPS) is 31.4. The summed E-state index contributed by atoms with van der Waals surface area (Å²) in [6.07, 6.45) is 6.44. The Morgan fingerprint density at radius 2 is 1.87 bits per heavy atom. The number of nitrogens with zero attached hydrogens (tertiary/aromatic N) is 2. The summed E-state index contributed by atoms with van der Waals surface area (Å²) in [7, 11) is 1.45. The first-order valence-corrected chi connectivity index (χ1v) is 7.57. The van der Waals surface area contributed by atoms with E-state index in [0.717, 1.165) is 11.4 Å². The van der Waals surface area contributed by atoms with E-state index in [1.165, 1.54) is 19.4 Å². The Hall–Kier alpha value is -2.63. The molecule has 1 saturated heterocycles. The van der Waals surface area contributed by atoms with E-state index in [9.17, 15) is 14.7 Å². The van der Waals surface area contributed by atoms with Crippen LogP contribution in [0.3, 0.4) is 0 Å². The molecule has 23 heavy (non-hydrogen) atoms. The van der Waals surface area contributed by atoms with Gasteiger partial charge in [-0.3, -0.25) is 9.59 Å². The third kappa shape index (κ3) is 1.98. The zero-order chi connectivity index (χ0) is 16.1. The molecule has 0 aromatic heterocycles. The number of phenols is 1. The molecular formula is C17H16N2O4. The number of phenolic OH excluding ortho intramolecular Hbond substituents is 1. The molecule has 4 atom stereocenters. The molecule has 2 amide bonds.